The molecule has 1 heterocycles. The first-order valence-electron chi connectivity index (χ1n) is 6.12. The van der Waals surface area contributed by atoms with Gasteiger partial charge in [-0.3, -0.25) is 4.79 Å². The average molecular weight is 237 g/mol. The van der Waals surface area contributed by atoms with Gasteiger partial charge < -0.3 is 4.90 Å². The second-order valence-corrected chi connectivity index (χ2v) is 4.84. The lowest BCUT2D eigenvalue weighted by Gasteiger charge is -2.10. The van der Waals surface area contributed by atoms with Crippen LogP contribution in [0.1, 0.15) is 11.1 Å². The monoisotopic (exact) mass is 237 g/mol. The van der Waals surface area contributed by atoms with Gasteiger partial charge in [0, 0.05) is 12.7 Å². The highest BCUT2D eigenvalue weighted by atomic mass is 16.2. The number of rotatable bonds is 1. The number of amides is 1. The molecule has 0 aromatic heterocycles. The van der Waals surface area contributed by atoms with Gasteiger partial charge in [0.1, 0.15) is 0 Å². The Kier molecular flexibility index (Phi) is 2.44. The Balaban J connectivity index is 2.07. The second-order valence-electron chi connectivity index (χ2n) is 4.84. The minimum Gasteiger partial charge on any atom is -0.315 e. The van der Waals surface area contributed by atoms with Crippen molar-refractivity contribution in [2.24, 2.45) is 0 Å². The third-order valence-corrected chi connectivity index (χ3v) is 3.51. The number of aryl methyl sites for hydroxylation is 1. The van der Waals surface area contributed by atoms with Crippen LogP contribution < -0.4 is 4.90 Å². The van der Waals surface area contributed by atoms with Crippen molar-refractivity contribution in [2.75, 3.05) is 11.9 Å². The zero-order valence-corrected chi connectivity index (χ0v) is 10.6. The van der Waals surface area contributed by atoms with Crippen molar-refractivity contribution in [1.29, 1.82) is 0 Å². The van der Waals surface area contributed by atoms with E-state index in [1.165, 1.54) is 16.7 Å². The molecule has 0 spiro atoms. The van der Waals surface area contributed by atoms with Gasteiger partial charge in [-0.05, 0) is 35.7 Å². The molecule has 90 valence electrons. The van der Waals surface area contributed by atoms with Crippen molar-refractivity contribution in [3.05, 3.63) is 53.6 Å². The van der Waals surface area contributed by atoms with Gasteiger partial charge in [-0.1, -0.05) is 35.9 Å². The lowest BCUT2D eigenvalue weighted by Crippen LogP contribution is -2.20. The normalized spacial score (nSPS) is 13.9. The van der Waals surface area contributed by atoms with Gasteiger partial charge in [0.05, 0.1) is 6.42 Å². The standard InChI is InChI=1S/C16H15NO/c1-11-4-3-5-12(8-11)13-6-7-15-14(9-13)10-16(18)17(15)2/h3-9H,10H2,1-2H3. The van der Waals surface area contributed by atoms with Crippen LogP contribution in [0, 0.1) is 6.92 Å². The number of carbonyl (C=O) groups is 1. The van der Waals surface area contributed by atoms with Crippen molar-refractivity contribution in [2.45, 2.75) is 13.3 Å². The van der Waals surface area contributed by atoms with Crippen molar-refractivity contribution < 1.29 is 4.79 Å². The van der Waals surface area contributed by atoms with Crippen LogP contribution in [0.4, 0.5) is 5.69 Å². The zero-order valence-electron chi connectivity index (χ0n) is 10.6. The highest BCUT2D eigenvalue weighted by Gasteiger charge is 2.23. The van der Waals surface area contributed by atoms with Crippen LogP contribution >= 0.6 is 0 Å². The van der Waals surface area contributed by atoms with E-state index < -0.39 is 0 Å². The molecule has 0 saturated heterocycles. The Hall–Kier alpha value is -2.09. The smallest absolute Gasteiger partial charge is 0.231 e. The van der Waals surface area contributed by atoms with Gasteiger partial charge in [-0.2, -0.15) is 0 Å². The highest BCUT2D eigenvalue weighted by Crippen LogP contribution is 2.32. The molecule has 2 aromatic carbocycles. The summed E-state index contributed by atoms with van der Waals surface area (Å²) in [5.41, 5.74) is 5.81. The minimum absolute atomic E-state index is 0.173. The minimum atomic E-state index is 0.173. The van der Waals surface area contributed by atoms with E-state index in [4.69, 9.17) is 0 Å². The number of benzene rings is 2. The lowest BCUT2D eigenvalue weighted by atomic mass is 10.0. The molecule has 0 aliphatic carbocycles. The van der Waals surface area contributed by atoms with Gasteiger partial charge >= 0.3 is 0 Å². The average Bonchev–Trinajstić information content (AvgIpc) is 2.65. The van der Waals surface area contributed by atoms with E-state index >= 15 is 0 Å². The maximum Gasteiger partial charge on any atom is 0.231 e. The maximum atomic E-state index is 11.7. The van der Waals surface area contributed by atoms with Gasteiger partial charge in [-0.25, -0.2) is 0 Å². The van der Waals surface area contributed by atoms with Gasteiger partial charge in [-0.15, -0.1) is 0 Å². The van der Waals surface area contributed by atoms with Crippen LogP contribution in [0.25, 0.3) is 11.1 Å². The molecular weight excluding hydrogens is 222 g/mol. The molecule has 1 aliphatic rings. The molecule has 0 radical (unpaired) electrons. The summed E-state index contributed by atoms with van der Waals surface area (Å²) in [5.74, 6) is 0.173. The molecule has 0 unspecified atom stereocenters. The lowest BCUT2D eigenvalue weighted by molar-refractivity contribution is -0.117. The van der Waals surface area contributed by atoms with E-state index in [9.17, 15) is 4.79 Å². The van der Waals surface area contributed by atoms with Crippen LogP contribution in [0.3, 0.4) is 0 Å². The Morgan fingerprint density at radius 2 is 1.83 bits per heavy atom. The number of fused-ring (bicyclic) bond motifs is 1. The summed E-state index contributed by atoms with van der Waals surface area (Å²) in [5, 5.41) is 0. The summed E-state index contributed by atoms with van der Waals surface area (Å²) in [7, 11) is 1.83. The maximum absolute atomic E-state index is 11.7. The molecule has 2 aromatic rings. The molecule has 2 nitrogen and oxygen atoms in total. The predicted octanol–water partition coefficient (Wildman–Crippen LogP) is 3.18. The van der Waals surface area contributed by atoms with Crippen molar-refractivity contribution >= 4 is 11.6 Å². The third-order valence-electron chi connectivity index (χ3n) is 3.51. The number of carbonyl (C=O) groups excluding carboxylic acids is 1. The zero-order chi connectivity index (χ0) is 12.7. The molecule has 1 aliphatic heterocycles. The van der Waals surface area contributed by atoms with Gasteiger partial charge in [0.15, 0.2) is 0 Å². The van der Waals surface area contributed by atoms with Crippen molar-refractivity contribution in [3.8, 4) is 11.1 Å². The number of likely N-dealkylation sites (N-methyl/N-ethyl adjacent to an activating group) is 1. The van der Waals surface area contributed by atoms with Crippen LogP contribution in [-0.4, -0.2) is 13.0 Å². The first-order valence-corrected chi connectivity index (χ1v) is 6.12. The number of anilines is 1. The Bertz CT molecular complexity index is 631. The predicted molar refractivity (Wildman–Crippen MR) is 73.7 cm³/mol. The van der Waals surface area contributed by atoms with E-state index in [2.05, 4.69) is 43.3 Å². The van der Waals surface area contributed by atoms with Crippen molar-refractivity contribution in [3.63, 3.8) is 0 Å². The van der Waals surface area contributed by atoms with E-state index in [1.807, 2.05) is 13.1 Å². The van der Waals surface area contributed by atoms with Crippen molar-refractivity contribution in [1.82, 2.24) is 0 Å². The molecule has 18 heavy (non-hydrogen) atoms. The first-order chi connectivity index (χ1) is 8.65. The summed E-state index contributed by atoms with van der Waals surface area (Å²) in [6.45, 7) is 2.09. The van der Waals surface area contributed by atoms with Gasteiger partial charge in [0.2, 0.25) is 5.91 Å². The van der Waals surface area contributed by atoms with Crippen LogP contribution in [0.15, 0.2) is 42.5 Å². The summed E-state index contributed by atoms with van der Waals surface area (Å²) >= 11 is 0. The molecule has 1 amide bonds. The number of hydrogen-bond acceptors (Lipinski definition) is 1. The fourth-order valence-electron chi connectivity index (χ4n) is 2.47. The van der Waals surface area contributed by atoms with E-state index in [-0.39, 0.29) is 5.91 Å². The fraction of sp³-hybridized carbons (Fsp3) is 0.188. The summed E-state index contributed by atoms with van der Waals surface area (Å²) < 4.78 is 0. The number of hydrogen-bond donors (Lipinski definition) is 0. The second kappa shape index (κ2) is 3.98. The number of nitrogens with zero attached hydrogens (tertiary/aromatic N) is 1. The Labute approximate surface area is 107 Å². The highest BCUT2D eigenvalue weighted by molar-refractivity contribution is 6.01. The molecule has 0 fully saturated rings. The van der Waals surface area contributed by atoms with Crippen LogP contribution in [-0.2, 0) is 11.2 Å². The van der Waals surface area contributed by atoms with Crippen LogP contribution in [0.5, 0.6) is 0 Å². The molecule has 0 atom stereocenters. The largest absolute Gasteiger partial charge is 0.315 e. The third kappa shape index (κ3) is 1.70. The summed E-state index contributed by atoms with van der Waals surface area (Å²) in [6.07, 6.45) is 0.519. The van der Waals surface area contributed by atoms with Gasteiger partial charge in [0.25, 0.3) is 0 Å². The Morgan fingerprint density at radius 1 is 1.06 bits per heavy atom. The van der Waals surface area contributed by atoms with E-state index in [1.54, 1.807) is 4.90 Å². The first kappa shape index (κ1) is 11.0. The van der Waals surface area contributed by atoms with Crippen LogP contribution in [0.2, 0.25) is 0 Å². The summed E-state index contributed by atoms with van der Waals surface area (Å²) in [6, 6.07) is 14.7. The molecular formula is C16H15NO. The SMILES string of the molecule is Cc1cccc(-c2ccc3c(c2)CC(=O)N3C)c1. The quantitative estimate of drug-likeness (QED) is 0.746. The molecule has 0 N–H and O–H groups in total. The van der Waals surface area contributed by atoms with E-state index in [0.29, 0.717) is 6.42 Å². The van der Waals surface area contributed by atoms with E-state index in [0.717, 1.165) is 11.3 Å². The Morgan fingerprint density at radius 3 is 2.61 bits per heavy atom. The molecule has 3 rings (SSSR count). The molecule has 2 heteroatoms. The fourth-order valence-corrected chi connectivity index (χ4v) is 2.47. The molecule has 0 bridgehead atoms. The molecule has 0 saturated carbocycles. The summed E-state index contributed by atoms with van der Waals surface area (Å²) in [4.78, 5) is 13.4. The topological polar surface area (TPSA) is 20.3 Å².